The van der Waals surface area contributed by atoms with E-state index in [0.717, 1.165) is 0 Å². The lowest BCUT2D eigenvalue weighted by Crippen LogP contribution is -2.45. The van der Waals surface area contributed by atoms with Crippen molar-refractivity contribution < 1.29 is 23.5 Å². The molecular formula is C11H13BrN2O5. The number of ether oxygens (including phenoxy) is 1. The van der Waals surface area contributed by atoms with Crippen molar-refractivity contribution >= 4 is 33.8 Å². The number of esters is 1. The summed E-state index contributed by atoms with van der Waals surface area (Å²) in [6.07, 6.45) is -1.14. The molecule has 1 aromatic rings. The Morgan fingerprint density at radius 1 is 1.37 bits per heavy atom. The van der Waals surface area contributed by atoms with E-state index in [-0.39, 0.29) is 11.7 Å². The van der Waals surface area contributed by atoms with Gasteiger partial charge in [-0.05, 0) is 34.0 Å². The molecule has 104 valence electrons. The number of primary amides is 1. The van der Waals surface area contributed by atoms with Crippen molar-refractivity contribution in [1.29, 1.82) is 0 Å². The molecule has 1 heterocycles. The Hall–Kier alpha value is -1.83. The molecule has 7 nitrogen and oxygen atoms in total. The first-order valence-corrected chi connectivity index (χ1v) is 6.17. The summed E-state index contributed by atoms with van der Waals surface area (Å²) in [6, 6.07) is 1.91. The Balaban J connectivity index is 2.76. The minimum absolute atomic E-state index is 0.0515. The molecule has 0 aromatic carbocycles. The first kappa shape index (κ1) is 15.2. The number of carbonyl (C=O) groups is 3. The lowest BCUT2D eigenvalue weighted by atomic mass is 10.1. The number of imide groups is 1. The van der Waals surface area contributed by atoms with E-state index in [0.29, 0.717) is 4.67 Å². The van der Waals surface area contributed by atoms with E-state index in [2.05, 4.69) is 15.9 Å². The fraction of sp³-hybridized carbons (Fsp3) is 0.364. The number of amides is 3. The molecule has 0 fully saturated rings. The van der Waals surface area contributed by atoms with E-state index in [4.69, 9.17) is 14.9 Å². The Morgan fingerprint density at radius 3 is 2.42 bits per heavy atom. The zero-order valence-electron chi connectivity index (χ0n) is 10.3. The molecule has 0 aliphatic heterocycles. The van der Waals surface area contributed by atoms with Crippen LogP contribution in [0.25, 0.3) is 0 Å². The SMILES string of the molecule is CC(C)[C@@H](OC(=O)c1ccc(Br)o1)C(=O)NC(N)=O. The Bertz CT molecular complexity index is 497. The van der Waals surface area contributed by atoms with Crippen LogP contribution in [0, 0.1) is 5.92 Å². The van der Waals surface area contributed by atoms with Gasteiger partial charge in [-0.15, -0.1) is 0 Å². The van der Waals surface area contributed by atoms with Gasteiger partial charge in [0.15, 0.2) is 10.8 Å². The summed E-state index contributed by atoms with van der Waals surface area (Å²) >= 11 is 3.04. The predicted octanol–water partition coefficient (Wildman–Crippen LogP) is 1.42. The van der Waals surface area contributed by atoms with Crippen LogP contribution in [0.15, 0.2) is 21.2 Å². The van der Waals surface area contributed by atoms with Crippen molar-refractivity contribution in [3.8, 4) is 0 Å². The number of nitrogens with two attached hydrogens (primary N) is 1. The highest BCUT2D eigenvalue weighted by Crippen LogP contribution is 2.17. The molecule has 3 N–H and O–H groups in total. The third kappa shape index (κ3) is 4.40. The average Bonchev–Trinajstić information content (AvgIpc) is 2.70. The second-order valence-electron chi connectivity index (χ2n) is 4.03. The topological polar surface area (TPSA) is 112 Å². The van der Waals surface area contributed by atoms with Gasteiger partial charge in [0.25, 0.3) is 5.91 Å². The molecule has 0 bridgehead atoms. The van der Waals surface area contributed by atoms with Crippen molar-refractivity contribution in [2.45, 2.75) is 20.0 Å². The van der Waals surface area contributed by atoms with E-state index >= 15 is 0 Å². The molecule has 0 aliphatic rings. The maximum absolute atomic E-state index is 11.7. The van der Waals surface area contributed by atoms with Crippen LogP contribution in [0.1, 0.15) is 24.4 Å². The van der Waals surface area contributed by atoms with Crippen molar-refractivity contribution in [2.75, 3.05) is 0 Å². The quantitative estimate of drug-likeness (QED) is 0.810. The van der Waals surface area contributed by atoms with Crippen molar-refractivity contribution in [3.63, 3.8) is 0 Å². The predicted molar refractivity (Wildman–Crippen MR) is 68.2 cm³/mol. The minimum Gasteiger partial charge on any atom is -0.446 e. The first-order valence-electron chi connectivity index (χ1n) is 5.38. The number of hydrogen-bond acceptors (Lipinski definition) is 5. The van der Waals surface area contributed by atoms with Crippen LogP contribution in [-0.2, 0) is 9.53 Å². The third-order valence-electron chi connectivity index (χ3n) is 2.12. The fourth-order valence-corrected chi connectivity index (χ4v) is 1.59. The summed E-state index contributed by atoms with van der Waals surface area (Å²) in [7, 11) is 0. The highest BCUT2D eigenvalue weighted by Gasteiger charge is 2.28. The van der Waals surface area contributed by atoms with E-state index < -0.39 is 24.0 Å². The van der Waals surface area contributed by atoms with Gasteiger partial charge in [-0.25, -0.2) is 9.59 Å². The number of furan rings is 1. The molecule has 0 aliphatic carbocycles. The van der Waals surface area contributed by atoms with Crippen LogP contribution in [0.4, 0.5) is 4.79 Å². The number of halogens is 1. The van der Waals surface area contributed by atoms with Gasteiger partial charge in [0.1, 0.15) is 0 Å². The van der Waals surface area contributed by atoms with Crippen molar-refractivity contribution in [2.24, 2.45) is 11.7 Å². The molecule has 0 saturated heterocycles. The molecule has 1 aromatic heterocycles. The van der Waals surface area contributed by atoms with Crippen LogP contribution in [0.2, 0.25) is 0 Å². The zero-order valence-corrected chi connectivity index (χ0v) is 11.9. The van der Waals surface area contributed by atoms with Gasteiger partial charge in [-0.1, -0.05) is 13.8 Å². The highest BCUT2D eigenvalue weighted by atomic mass is 79.9. The van der Waals surface area contributed by atoms with Gasteiger partial charge in [0.2, 0.25) is 5.76 Å². The number of rotatable bonds is 4. The summed E-state index contributed by atoms with van der Waals surface area (Å²) in [5.74, 6) is -1.96. The molecule has 0 spiro atoms. The summed E-state index contributed by atoms with van der Waals surface area (Å²) in [4.78, 5) is 34.0. The fourth-order valence-electron chi connectivity index (χ4n) is 1.28. The summed E-state index contributed by atoms with van der Waals surface area (Å²) in [6.45, 7) is 3.33. The van der Waals surface area contributed by atoms with Gasteiger partial charge in [-0.2, -0.15) is 0 Å². The number of nitrogens with one attached hydrogen (secondary N) is 1. The van der Waals surface area contributed by atoms with Crippen LogP contribution < -0.4 is 11.1 Å². The first-order chi connectivity index (χ1) is 8.81. The van der Waals surface area contributed by atoms with Gasteiger partial charge in [0.05, 0.1) is 0 Å². The van der Waals surface area contributed by atoms with Crippen LogP contribution in [-0.4, -0.2) is 24.0 Å². The summed E-state index contributed by atoms with van der Waals surface area (Å²) < 4.78 is 10.4. The van der Waals surface area contributed by atoms with Gasteiger partial charge in [-0.3, -0.25) is 10.1 Å². The van der Waals surface area contributed by atoms with E-state index in [9.17, 15) is 14.4 Å². The van der Waals surface area contributed by atoms with Gasteiger partial charge < -0.3 is 14.9 Å². The summed E-state index contributed by atoms with van der Waals surface area (Å²) in [5, 5.41) is 1.87. The standard InChI is InChI=1S/C11H13BrN2O5/c1-5(2)8(9(15)14-11(13)17)19-10(16)6-3-4-7(12)18-6/h3-5,8H,1-2H3,(H3,13,14,15,17)/t8-/m1/s1. The Morgan fingerprint density at radius 2 is 2.00 bits per heavy atom. The second-order valence-corrected chi connectivity index (χ2v) is 4.81. The Labute approximate surface area is 117 Å². The molecule has 0 unspecified atom stereocenters. The smallest absolute Gasteiger partial charge is 0.375 e. The summed E-state index contributed by atoms with van der Waals surface area (Å²) in [5.41, 5.74) is 4.84. The van der Waals surface area contributed by atoms with Crippen molar-refractivity contribution in [1.82, 2.24) is 5.32 Å². The molecule has 3 amide bonds. The molecule has 8 heteroatoms. The number of carbonyl (C=O) groups excluding carboxylic acids is 3. The van der Waals surface area contributed by atoms with E-state index in [1.165, 1.54) is 12.1 Å². The minimum atomic E-state index is -1.14. The maximum Gasteiger partial charge on any atom is 0.375 e. The molecule has 0 radical (unpaired) electrons. The zero-order chi connectivity index (χ0) is 14.6. The van der Waals surface area contributed by atoms with Crippen LogP contribution in [0.3, 0.4) is 0 Å². The molecule has 1 atom stereocenters. The molecule has 19 heavy (non-hydrogen) atoms. The van der Waals surface area contributed by atoms with Crippen LogP contribution >= 0.6 is 15.9 Å². The lowest BCUT2D eigenvalue weighted by molar-refractivity contribution is -0.131. The lowest BCUT2D eigenvalue weighted by Gasteiger charge is -2.19. The maximum atomic E-state index is 11.7. The molecule has 1 rings (SSSR count). The van der Waals surface area contributed by atoms with Crippen molar-refractivity contribution in [3.05, 3.63) is 22.6 Å². The average molecular weight is 333 g/mol. The van der Waals surface area contributed by atoms with E-state index in [1.54, 1.807) is 13.8 Å². The number of urea groups is 1. The van der Waals surface area contributed by atoms with Gasteiger partial charge >= 0.3 is 12.0 Å². The monoisotopic (exact) mass is 332 g/mol. The largest absolute Gasteiger partial charge is 0.446 e. The highest BCUT2D eigenvalue weighted by molar-refractivity contribution is 9.10. The van der Waals surface area contributed by atoms with E-state index in [1.807, 2.05) is 5.32 Å². The second kappa shape index (κ2) is 6.37. The number of hydrogen-bond donors (Lipinski definition) is 2. The third-order valence-corrected chi connectivity index (χ3v) is 2.54. The normalized spacial score (nSPS) is 12.0. The van der Waals surface area contributed by atoms with Crippen LogP contribution in [0.5, 0.6) is 0 Å². The van der Waals surface area contributed by atoms with Gasteiger partial charge in [0, 0.05) is 0 Å². The molecular weight excluding hydrogens is 320 g/mol. The Kier molecular flexibility index (Phi) is 5.11. The molecule has 0 saturated carbocycles.